The van der Waals surface area contributed by atoms with Crippen LogP contribution in [0.15, 0.2) is 29.8 Å². The zero-order chi connectivity index (χ0) is 25.2. The van der Waals surface area contributed by atoms with Crippen molar-refractivity contribution in [3.05, 3.63) is 63.7 Å². The summed E-state index contributed by atoms with van der Waals surface area (Å²) < 4.78 is 18.4. The average molecular weight is 472 g/mol. The summed E-state index contributed by atoms with van der Waals surface area (Å²) >= 11 is 0. The lowest BCUT2D eigenvalue weighted by atomic mass is 9.94. The van der Waals surface area contributed by atoms with Crippen LogP contribution in [-0.4, -0.2) is 60.8 Å². The maximum absolute atomic E-state index is 13.7. The molecule has 0 radical (unpaired) electrons. The summed E-state index contributed by atoms with van der Waals surface area (Å²) in [5.41, 5.74) is 1.26. The summed E-state index contributed by atoms with van der Waals surface area (Å²) in [5, 5.41) is 13.7. The van der Waals surface area contributed by atoms with Gasteiger partial charge in [-0.05, 0) is 56.5 Å². The van der Waals surface area contributed by atoms with E-state index in [1.165, 1.54) is 41.2 Å². The molecule has 0 spiro atoms. The molecule has 2 N–H and O–H groups in total. The number of nitrogens with zero attached hydrogens (tertiary/aromatic N) is 1. The first-order chi connectivity index (χ1) is 16.2. The van der Waals surface area contributed by atoms with E-state index in [1.807, 2.05) is 13.8 Å². The Kier molecular flexibility index (Phi) is 7.56. The number of halogens is 1. The molecule has 3 rings (SSSR count). The van der Waals surface area contributed by atoms with Crippen molar-refractivity contribution in [3.63, 3.8) is 0 Å². The Labute approximate surface area is 198 Å². The van der Waals surface area contributed by atoms with Gasteiger partial charge in [-0.25, -0.2) is 9.18 Å². The smallest absolute Gasteiger partial charge is 0.354 e. The van der Waals surface area contributed by atoms with Crippen LogP contribution in [0.3, 0.4) is 0 Å². The van der Waals surface area contributed by atoms with Crippen LogP contribution in [0.2, 0.25) is 0 Å². The van der Waals surface area contributed by atoms with Crippen LogP contribution in [0.1, 0.15) is 52.8 Å². The third-order valence-electron chi connectivity index (χ3n) is 6.48. The van der Waals surface area contributed by atoms with Crippen molar-refractivity contribution in [1.82, 2.24) is 9.88 Å². The van der Waals surface area contributed by atoms with Crippen molar-refractivity contribution in [2.75, 3.05) is 33.3 Å². The minimum absolute atomic E-state index is 0.112. The highest BCUT2D eigenvalue weighted by molar-refractivity contribution is 6.46. The monoisotopic (exact) mass is 471 g/mol. The molecule has 34 heavy (non-hydrogen) atoms. The predicted molar refractivity (Wildman–Crippen MR) is 121 cm³/mol. The molecule has 0 aliphatic carbocycles. The second kappa shape index (κ2) is 10.2. The minimum Gasteiger partial charge on any atom is -0.872 e. The summed E-state index contributed by atoms with van der Waals surface area (Å²) in [6.45, 7) is 9.82. The van der Waals surface area contributed by atoms with Crippen LogP contribution in [0.4, 0.5) is 4.39 Å². The summed E-state index contributed by atoms with van der Waals surface area (Å²) in [4.78, 5) is 43.8. The summed E-state index contributed by atoms with van der Waals surface area (Å²) in [7, 11) is 1.23. The number of Topliss-reactive ketones (excluding diaryl/α,β-unsaturated/α-hetero) is 1. The zero-order valence-electron chi connectivity index (χ0n) is 20.1. The number of carbonyl (C=O) groups is 3. The Morgan fingerprint density at radius 3 is 2.35 bits per heavy atom. The van der Waals surface area contributed by atoms with Gasteiger partial charge in [-0.2, -0.15) is 0 Å². The number of nitrogens with one attached hydrogen (secondary N) is 2. The molecule has 1 fully saturated rings. The SMILES string of the molecule is CC[NH+](CC)CCN1C(=O)C(=O)/C(=C(/[O-])c2c(C)[nH]c(C(=O)OC)c2C)C1c1ccc(F)cc1. The lowest BCUT2D eigenvalue weighted by Gasteiger charge is -2.28. The average Bonchev–Trinajstić information content (AvgIpc) is 3.26. The number of aromatic nitrogens is 1. The van der Waals surface area contributed by atoms with E-state index >= 15 is 0 Å². The number of ketones is 1. The Morgan fingerprint density at radius 1 is 1.18 bits per heavy atom. The molecule has 1 aliphatic heterocycles. The van der Waals surface area contributed by atoms with Crippen molar-refractivity contribution in [2.24, 2.45) is 0 Å². The maximum Gasteiger partial charge on any atom is 0.354 e. The number of benzene rings is 1. The van der Waals surface area contributed by atoms with E-state index in [4.69, 9.17) is 4.74 Å². The van der Waals surface area contributed by atoms with E-state index in [2.05, 4.69) is 4.98 Å². The molecule has 1 unspecified atom stereocenters. The summed E-state index contributed by atoms with van der Waals surface area (Å²) in [5.74, 6) is -3.38. The number of aryl methyl sites for hydroxylation is 1. The van der Waals surface area contributed by atoms with Gasteiger partial charge in [0.25, 0.3) is 5.91 Å². The number of esters is 1. The van der Waals surface area contributed by atoms with Crippen molar-refractivity contribution in [2.45, 2.75) is 33.7 Å². The third-order valence-corrected chi connectivity index (χ3v) is 6.48. The number of amides is 1. The Morgan fingerprint density at radius 2 is 1.79 bits per heavy atom. The Hall–Kier alpha value is -3.46. The number of carbonyl (C=O) groups excluding carboxylic acids is 3. The molecule has 182 valence electrons. The van der Waals surface area contributed by atoms with E-state index in [0.717, 1.165) is 13.1 Å². The molecule has 9 heteroatoms. The quantitative estimate of drug-likeness (QED) is 0.255. The first-order valence-corrected chi connectivity index (χ1v) is 11.3. The van der Waals surface area contributed by atoms with Gasteiger partial charge in [0, 0.05) is 11.3 Å². The lowest BCUT2D eigenvalue weighted by Crippen LogP contribution is -3.12. The van der Waals surface area contributed by atoms with Gasteiger partial charge in [0.2, 0.25) is 5.78 Å². The number of hydrogen-bond donors (Lipinski definition) is 2. The van der Waals surface area contributed by atoms with Crippen LogP contribution < -0.4 is 10.0 Å². The highest BCUT2D eigenvalue weighted by atomic mass is 19.1. The number of methoxy groups -OCH3 is 1. The topological polar surface area (TPSA) is 107 Å². The van der Waals surface area contributed by atoms with Crippen LogP contribution in [-0.2, 0) is 14.3 Å². The standard InChI is InChI=1S/C25H30FN3O5/c1-6-28(7-2)12-13-29-21(16-8-10-17(26)11-9-16)19(23(31)24(29)32)22(30)18-14(3)20(25(33)34-5)27-15(18)4/h8-11,21,27,30H,6-7,12-13H2,1-5H3/b22-19+. The number of ether oxygens (including phenoxy) is 1. The molecule has 0 bridgehead atoms. The Bertz CT molecular complexity index is 1130. The molecular formula is C25H30FN3O5. The zero-order valence-corrected chi connectivity index (χ0v) is 20.1. The second-order valence-electron chi connectivity index (χ2n) is 8.35. The normalized spacial score (nSPS) is 17.6. The molecule has 1 amide bonds. The van der Waals surface area contributed by atoms with Gasteiger partial charge in [-0.3, -0.25) is 9.59 Å². The van der Waals surface area contributed by atoms with Gasteiger partial charge in [-0.1, -0.05) is 17.9 Å². The molecule has 0 saturated carbocycles. The molecule has 1 saturated heterocycles. The lowest BCUT2D eigenvalue weighted by molar-refractivity contribution is -0.895. The van der Waals surface area contributed by atoms with Crippen LogP contribution in [0, 0.1) is 19.7 Å². The van der Waals surface area contributed by atoms with Crippen molar-refractivity contribution >= 4 is 23.4 Å². The molecule has 2 aromatic rings. The first-order valence-electron chi connectivity index (χ1n) is 11.3. The van der Waals surface area contributed by atoms with E-state index < -0.39 is 35.3 Å². The number of likely N-dealkylation sites (N-methyl/N-ethyl adjacent to an activating group) is 1. The highest BCUT2D eigenvalue weighted by Gasteiger charge is 2.44. The van der Waals surface area contributed by atoms with Gasteiger partial charge in [0.15, 0.2) is 0 Å². The minimum atomic E-state index is -0.946. The van der Waals surface area contributed by atoms with E-state index in [9.17, 15) is 23.9 Å². The fourth-order valence-corrected chi connectivity index (χ4v) is 4.51. The molecule has 1 aromatic carbocycles. The van der Waals surface area contributed by atoms with E-state index in [0.29, 0.717) is 23.4 Å². The number of likely N-dealkylation sites (tertiary alicyclic amines) is 1. The van der Waals surface area contributed by atoms with Crippen molar-refractivity contribution in [1.29, 1.82) is 0 Å². The summed E-state index contributed by atoms with van der Waals surface area (Å²) in [6.07, 6.45) is 0. The van der Waals surface area contributed by atoms with Crippen molar-refractivity contribution < 1.29 is 33.5 Å². The number of aromatic amines is 1. The molecule has 1 aliphatic rings. The van der Waals surface area contributed by atoms with Gasteiger partial charge < -0.3 is 24.6 Å². The summed E-state index contributed by atoms with van der Waals surface area (Å²) in [6, 6.07) is 4.49. The molecule has 1 aromatic heterocycles. The second-order valence-corrected chi connectivity index (χ2v) is 8.35. The largest absolute Gasteiger partial charge is 0.872 e. The number of rotatable bonds is 8. The van der Waals surface area contributed by atoms with Crippen LogP contribution in [0.25, 0.3) is 5.76 Å². The van der Waals surface area contributed by atoms with Crippen molar-refractivity contribution in [3.8, 4) is 0 Å². The van der Waals surface area contributed by atoms with Gasteiger partial charge in [0.1, 0.15) is 11.5 Å². The Balaban J connectivity index is 2.17. The number of quaternary nitrogens is 1. The first kappa shape index (κ1) is 25.2. The molecule has 1 atom stereocenters. The fraction of sp³-hybridized carbons (Fsp3) is 0.400. The van der Waals surface area contributed by atoms with E-state index in [-0.39, 0.29) is 23.4 Å². The third kappa shape index (κ3) is 4.48. The van der Waals surface area contributed by atoms with Crippen LogP contribution in [0.5, 0.6) is 0 Å². The highest BCUT2D eigenvalue weighted by Crippen LogP contribution is 2.39. The van der Waals surface area contributed by atoms with Gasteiger partial charge in [-0.15, -0.1) is 0 Å². The molecular weight excluding hydrogens is 441 g/mol. The predicted octanol–water partition coefficient (Wildman–Crippen LogP) is 0.706. The number of H-pyrrole nitrogens is 1. The number of hydrogen-bond acceptors (Lipinski definition) is 5. The van der Waals surface area contributed by atoms with Gasteiger partial charge >= 0.3 is 5.97 Å². The van der Waals surface area contributed by atoms with Gasteiger partial charge in [0.05, 0.1) is 39.3 Å². The molecule has 2 heterocycles. The maximum atomic E-state index is 13.7. The fourth-order valence-electron chi connectivity index (χ4n) is 4.51. The van der Waals surface area contributed by atoms with Crippen LogP contribution >= 0.6 is 0 Å². The van der Waals surface area contributed by atoms with E-state index in [1.54, 1.807) is 13.8 Å². The molecule has 8 nitrogen and oxygen atoms in total.